The van der Waals surface area contributed by atoms with E-state index in [1.54, 1.807) is 32.4 Å². The highest BCUT2D eigenvalue weighted by molar-refractivity contribution is 6.30. The standard InChI is InChI=1S/C29H34ClN3O4/c1-21-5-4-6-22(17-21)20-37-28(23-7-9-24(30)10-8-23)19-32-13-15-33(16-14-32)29(34)31-26-18-25(35-2)11-12-27(26)36-3/h4-12,17-18,28H,13-16,19-20H2,1-3H3,(H,31,34)/t28-/m0/s1. The Bertz CT molecular complexity index is 1180. The van der Waals surface area contributed by atoms with Crippen LogP contribution in [0.1, 0.15) is 22.8 Å². The number of carbonyl (C=O) groups excluding carboxylic acids is 1. The zero-order valence-corrected chi connectivity index (χ0v) is 22.3. The van der Waals surface area contributed by atoms with Gasteiger partial charge in [-0.05, 0) is 42.3 Å². The van der Waals surface area contributed by atoms with Crippen LogP contribution in [0.2, 0.25) is 5.02 Å². The highest BCUT2D eigenvalue weighted by Crippen LogP contribution is 2.29. The zero-order chi connectivity index (χ0) is 26.2. The predicted molar refractivity (Wildman–Crippen MR) is 147 cm³/mol. The van der Waals surface area contributed by atoms with Crippen LogP contribution in [0.25, 0.3) is 0 Å². The van der Waals surface area contributed by atoms with Crippen molar-refractivity contribution in [1.29, 1.82) is 0 Å². The number of benzene rings is 3. The molecule has 1 saturated heterocycles. The molecule has 1 atom stereocenters. The van der Waals surface area contributed by atoms with Crippen LogP contribution in [0.5, 0.6) is 11.5 Å². The topological polar surface area (TPSA) is 63.3 Å². The molecule has 3 aromatic rings. The third-order valence-electron chi connectivity index (χ3n) is 6.51. The van der Waals surface area contributed by atoms with Crippen molar-refractivity contribution in [3.63, 3.8) is 0 Å². The van der Waals surface area contributed by atoms with Crippen molar-refractivity contribution in [3.05, 3.63) is 88.4 Å². The number of amides is 2. The summed E-state index contributed by atoms with van der Waals surface area (Å²) in [6, 6.07) is 21.4. The van der Waals surface area contributed by atoms with Crippen molar-refractivity contribution in [2.75, 3.05) is 52.3 Å². The molecule has 1 aliphatic heterocycles. The molecule has 37 heavy (non-hydrogen) atoms. The Hall–Kier alpha value is -3.26. The Kier molecular flexibility index (Phi) is 9.28. The Morgan fingerprint density at radius 3 is 2.41 bits per heavy atom. The fourth-order valence-electron chi connectivity index (χ4n) is 4.40. The molecule has 4 rings (SSSR count). The summed E-state index contributed by atoms with van der Waals surface area (Å²) in [5.74, 6) is 1.24. The fraction of sp³-hybridized carbons (Fsp3) is 0.345. The summed E-state index contributed by atoms with van der Waals surface area (Å²) in [6.07, 6.45) is -0.112. The maximum Gasteiger partial charge on any atom is 0.322 e. The van der Waals surface area contributed by atoms with Gasteiger partial charge in [0.1, 0.15) is 11.5 Å². The van der Waals surface area contributed by atoms with E-state index in [1.165, 1.54) is 5.56 Å². The van der Waals surface area contributed by atoms with Gasteiger partial charge in [-0.2, -0.15) is 0 Å². The first kappa shape index (κ1) is 26.8. The van der Waals surface area contributed by atoms with E-state index < -0.39 is 0 Å². The number of aryl methyl sites for hydroxylation is 1. The average molecular weight is 524 g/mol. The number of rotatable bonds is 9. The second kappa shape index (κ2) is 12.8. The van der Waals surface area contributed by atoms with E-state index in [-0.39, 0.29) is 12.1 Å². The fourth-order valence-corrected chi connectivity index (χ4v) is 4.53. The summed E-state index contributed by atoms with van der Waals surface area (Å²) in [7, 11) is 3.17. The van der Waals surface area contributed by atoms with Crippen LogP contribution in [0.15, 0.2) is 66.7 Å². The molecule has 2 amide bonds. The van der Waals surface area contributed by atoms with E-state index in [0.717, 1.165) is 30.8 Å². The van der Waals surface area contributed by atoms with Crippen molar-refractivity contribution >= 4 is 23.3 Å². The van der Waals surface area contributed by atoms with Gasteiger partial charge in [-0.3, -0.25) is 4.90 Å². The highest BCUT2D eigenvalue weighted by Gasteiger charge is 2.25. The molecular formula is C29H34ClN3O4. The first-order chi connectivity index (χ1) is 17.9. The average Bonchev–Trinajstić information content (AvgIpc) is 2.92. The molecule has 1 N–H and O–H groups in total. The van der Waals surface area contributed by atoms with Gasteiger partial charge in [-0.25, -0.2) is 4.79 Å². The van der Waals surface area contributed by atoms with Gasteiger partial charge in [0.25, 0.3) is 0 Å². The Morgan fingerprint density at radius 1 is 0.973 bits per heavy atom. The van der Waals surface area contributed by atoms with E-state index in [2.05, 4.69) is 41.4 Å². The van der Waals surface area contributed by atoms with Gasteiger partial charge in [-0.1, -0.05) is 53.6 Å². The molecule has 0 aliphatic carbocycles. The lowest BCUT2D eigenvalue weighted by molar-refractivity contribution is 0.00592. The van der Waals surface area contributed by atoms with Crippen molar-refractivity contribution < 1.29 is 19.0 Å². The minimum Gasteiger partial charge on any atom is -0.497 e. The number of anilines is 1. The third kappa shape index (κ3) is 7.38. The van der Waals surface area contributed by atoms with Gasteiger partial charge in [0, 0.05) is 43.8 Å². The molecule has 7 nitrogen and oxygen atoms in total. The summed E-state index contributed by atoms with van der Waals surface area (Å²) >= 11 is 6.13. The van der Waals surface area contributed by atoms with Crippen LogP contribution >= 0.6 is 11.6 Å². The van der Waals surface area contributed by atoms with Gasteiger partial charge >= 0.3 is 6.03 Å². The molecular weight excluding hydrogens is 490 g/mol. The van der Waals surface area contributed by atoms with Crippen LogP contribution < -0.4 is 14.8 Å². The maximum absolute atomic E-state index is 13.0. The summed E-state index contributed by atoms with van der Waals surface area (Å²) in [5.41, 5.74) is 4.03. The van der Waals surface area contributed by atoms with Crippen LogP contribution in [0.4, 0.5) is 10.5 Å². The first-order valence-electron chi connectivity index (χ1n) is 12.4. The lowest BCUT2D eigenvalue weighted by Gasteiger charge is -2.36. The number of methoxy groups -OCH3 is 2. The number of ether oxygens (including phenoxy) is 3. The molecule has 1 heterocycles. The van der Waals surface area contributed by atoms with Crippen LogP contribution in [-0.4, -0.2) is 62.8 Å². The highest BCUT2D eigenvalue weighted by atomic mass is 35.5. The Labute approximate surface area is 223 Å². The summed E-state index contributed by atoms with van der Waals surface area (Å²) < 4.78 is 17.1. The van der Waals surface area contributed by atoms with Crippen molar-refractivity contribution in [2.45, 2.75) is 19.6 Å². The number of piperazine rings is 1. The number of urea groups is 1. The van der Waals surface area contributed by atoms with Gasteiger partial charge in [0.15, 0.2) is 0 Å². The Balaban J connectivity index is 1.36. The minimum absolute atomic E-state index is 0.112. The first-order valence-corrected chi connectivity index (χ1v) is 12.8. The second-order valence-electron chi connectivity index (χ2n) is 9.12. The lowest BCUT2D eigenvalue weighted by Crippen LogP contribution is -2.50. The smallest absolute Gasteiger partial charge is 0.322 e. The SMILES string of the molecule is COc1ccc(OC)c(NC(=O)N2CCN(C[C@H](OCc3cccc(C)c3)c3ccc(Cl)cc3)CC2)c1. The third-order valence-corrected chi connectivity index (χ3v) is 6.76. The molecule has 0 radical (unpaired) electrons. The number of hydrogen-bond acceptors (Lipinski definition) is 5. The quantitative estimate of drug-likeness (QED) is 0.385. The van der Waals surface area contributed by atoms with Gasteiger partial charge in [0.05, 0.1) is 32.6 Å². The lowest BCUT2D eigenvalue weighted by atomic mass is 10.1. The van der Waals surface area contributed by atoms with Crippen molar-refractivity contribution in [2.24, 2.45) is 0 Å². The summed E-state index contributed by atoms with van der Waals surface area (Å²) in [6.45, 7) is 6.07. The summed E-state index contributed by atoms with van der Waals surface area (Å²) in [4.78, 5) is 17.1. The van der Waals surface area contributed by atoms with Crippen LogP contribution in [0, 0.1) is 6.92 Å². The largest absolute Gasteiger partial charge is 0.497 e. The molecule has 0 spiro atoms. The maximum atomic E-state index is 13.0. The van der Waals surface area contributed by atoms with Crippen molar-refractivity contribution in [1.82, 2.24) is 9.80 Å². The number of carbonyl (C=O) groups is 1. The zero-order valence-electron chi connectivity index (χ0n) is 21.6. The van der Waals surface area contributed by atoms with E-state index in [9.17, 15) is 4.79 Å². The monoisotopic (exact) mass is 523 g/mol. The van der Waals surface area contributed by atoms with Crippen molar-refractivity contribution in [3.8, 4) is 11.5 Å². The number of nitrogens with one attached hydrogen (secondary N) is 1. The molecule has 1 fully saturated rings. The van der Waals surface area contributed by atoms with E-state index in [0.29, 0.717) is 41.9 Å². The molecule has 0 bridgehead atoms. The van der Waals surface area contributed by atoms with Gasteiger partial charge in [-0.15, -0.1) is 0 Å². The number of halogens is 1. The minimum atomic E-state index is -0.156. The normalized spacial score (nSPS) is 14.8. The number of nitrogens with zero attached hydrogens (tertiary/aromatic N) is 2. The molecule has 3 aromatic carbocycles. The van der Waals surface area contributed by atoms with Crippen LogP contribution in [0.3, 0.4) is 0 Å². The van der Waals surface area contributed by atoms with E-state index in [1.807, 2.05) is 29.2 Å². The molecule has 1 aliphatic rings. The number of hydrogen-bond donors (Lipinski definition) is 1. The van der Waals surface area contributed by atoms with E-state index >= 15 is 0 Å². The molecule has 0 saturated carbocycles. The molecule has 0 aromatic heterocycles. The molecule has 0 unspecified atom stereocenters. The van der Waals surface area contributed by atoms with Gasteiger partial charge < -0.3 is 24.4 Å². The molecule has 196 valence electrons. The Morgan fingerprint density at radius 2 is 1.73 bits per heavy atom. The predicted octanol–water partition coefficient (Wildman–Crippen LogP) is 5.77. The van der Waals surface area contributed by atoms with Gasteiger partial charge in [0.2, 0.25) is 0 Å². The summed E-state index contributed by atoms with van der Waals surface area (Å²) in [5, 5.41) is 3.66. The van der Waals surface area contributed by atoms with Crippen LogP contribution in [-0.2, 0) is 11.3 Å². The second-order valence-corrected chi connectivity index (χ2v) is 9.56. The van der Waals surface area contributed by atoms with E-state index in [4.69, 9.17) is 25.8 Å². The molecule has 8 heteroatoms.